The molecule has 8 heteroatoms. The fraction of sp³-hybridized carbons (Fsp3) is 0.474. The third-order valence-corrected chi connectivity index (χ3v) is 6.20. The van der Waals surface area contributed by atoms with E-state index in [0.717, 1.165) is 22.9 Å². The van der Waals surface area contributed by atoms with E-state index in [-0.39, 0.29) is 23.7 Å². The first-order valence-electron chi connectivity index (χ1n) is 8.93. The second-order valence-electron chi connectivity index (χ2n) is 7.24. The molecule has 1 aromatic heterocycles. The zero-order chi connectivity index (χ0) is 19.6. The molecule has 3 rings (SSSR count). The fourth-order valence-electron chi connectivity index (χ4n) is 2.80. The van der Waals surface area contributed by atoms with E-state index in [4.69, 9.17) is 4.74 Å². The number of hydrogen-bond acceptors (Lipinski definition) is 6. The Hall–Kier alpha value is -2.48. The summed E-state index contributed by atoms with van der Waals surface area (Å²) in [6.07, 6.45) is 1.12. The Balaban J connectivity index is 1.65. The molecule has 2 heterocycles. The number of methoxy groups -OCH3 is 1. The summed E-state index contributed by atoms with van der Waals surface area (Å²) in [5, 5.41) is 12.5. The van der Waals surface area contributed by atoms with Gasteiger partial charge in [-0.25, -0.2) is 0 Å². The minimum Gasteiger partial charge on any atom is -0.497 e. The summed E-state index contributed by atoms with van der Waals surface area (Å²) < 4.78 is 5.14. The average Bonchev–Trinajstić information content (AvgIpc) is 3.29. The van der Waals surface area contributed by atoms with Gasteiger partial charge in [0, 0.05) is 24.1 Å². The minimum absolute atomic E-state index is 0.0645. The number of anilines is 2. The van der Waals surface area contributed by atoms with Gasteiger partial charge in [-0.2, -0.15) is 0 Å². The smallest absolute Gasteiger partial charge is 0.231 e. The number of amides is 2. The van der Waals surface area contributed by atoms with E-state index in [1.165, 1.54) is 11.3 Å². The van der Waals surface area contributed by atoms with Crippen LogP contribution in [0.4, 0.5) is 10.8 Å². The van der Waals surface area contributed by atoms with Crippen molar-refractivity contribution in [2.75, 3.05) is 23.9 Å². The Bertz CT molecular complexity index is 832. The number of carbonyl (C=O) groups is 2. The third kappa shape index (κ3) is 4.10. The summed E-state index contributed by atoms with van der Waals surface area (Å²) in [7, 11) is 1.59. The molecule has 0 radical (unpaired) electrons. The van der Waals surface area contributed by atoms with Crippen molar-refractivity contribution in [1.82, 2.24) is 10.2 Å². The van der Waals surface area contributed by atoms with E-state index in [1.54, 1.807) is 24.1 Å². The van der Waals surface area contributed by atoms with Crippen molar-refractivity contribution in [3.8, 4) is 5.75 Å². The molecule has 7 nitrogen and oxygen atoms in total. The van der Waals surface area contributed by atoms with Crippen molar-refractivity contribution >= 4 is 34.0 Å². The SMILES string of the molecule is CCC(C)(C)c1nnc(NC(=O)C2CC(=O)N(c3ccc(OC)cc3)C2)s1. The molecule has 1 fully saturated rings. The standard InChI is InChI=1S/C19H24N4O3S/c1-5-19(2,3)17-21-22-18(27-17)20-16(25)12-10-15(24)23(11-12)13-6-8-14(26-4)9-7-13/h6-9,12H,5,10-11H2,1-4H3,(H,20,22,25). The Labute approximate surface area is 162 Å². The molecule has 1 unspecified atom stereocenters. The van der Waals surface area contributed by atoms with Gasteiger partial charge in [0.1, 0.15) is 10.8 Å². The normalized spacial score (nSPS) is 17.3. The van der Waals surface area contributed by atoms with E-state index < -0.39 is 5.92 Å². The van der Waals surface area contributed by atoms with Crippen molar-refractivity contribution in [1.29, 1.82) is 0 Å². The highest BCUT2D eigenvalue weighted by atomic mass is 32.1. The number of hydrogen-bond donors (Lipinski definition) is 1. The van der Waals surface area contributed by atoms with Crippen LogP contribution >= 0.6 is 11.3 Å². The molecule has 1 aliphatic rings. The van der Waals surface area contributed by atoms with Gasteiger partial charge in [-0.15, -0.1) is 10.2 Å². The number of rotatable bonds is 6. The van der Waals surface area contributed by atoms with E-state index in [0.29, 0.717) is 11.7 Å². The molecule has 144 valence electrons. The molecular weight excluding hydrogens is 364 g/mol. The lowest BCUT2D eigenvalue weighted by molar-refractivity contribution is -0.122. The van der Waals surface area contributed by atoms with E-state index >= 15 is 0 Å². The first-order chi connectivity index (χ1) is 12.8. The van der Waals surface area contributed by atoms with Crippen molar-refractivity contribution in [3.63, 3.8) is 0 Å². The first kappa shape index (κ1) is 19.3. The van der Waals surface area contributed by atoms with Crippen molar-refractivity contribution in [3.05, 3.63) is 29.3 Å². The lowest BCUT2D eigenvalue weighted by atomic mass is 9.91. The van der Waals surface area contributed by atoms with Crippen LogP contribution in [0.15, 0.2) is 24.3 Å². The van der Waals surface area contributed by atoms with Crippen LogP contribution in [0.3, 0.4) is 0 Å². The van der Waals surface area contributed by atoms with Crippen LogP contribution in [0.2, 0.25) is 0 Å². The molecule has 0 saturated carbocycles. The zero-order valence-corrected chi connectivity index (χ0v) is 16.8. The Morgan fingerprint density at radius 1 is 1.33 bits per heavy atom. The van der Waals surface area contributed by atoms with Crippen molar-refractivity contribution < 1.29 is 14.3 Å². The minimum atomic E-state index is -0.411. The van der Waals surface area contributed by atoms with Crippen molar-refractivity contribution in [2.24, 2.45) is 5.92 Å². The Morgan fingerprint density at radius 3 is 2.67 bits per heavy atom. The van der Waals surface area contributed by atoms with Crippen LogP contribution in [0.1, 0.15) is 38.6 Å². The molecule has 2 amide bonds. The second kappa shape index (κ2) is 7.64. The van der Waals surface area contributed by atoms with Gasteiger partial charge in [-0.3, -0.25) is 9.59 Å². The van der Waals surface area contributed by atoms with Gasteiger partial charge in [0.2, 0.25) is 16.9 Å². The molecule has 1 N–H and O–H groups in total. The van der Waals surface area contributed by atoms with Gasteiger partial charge in [0.05, 0.1) is 13.0 Å². The van der Waals surface area contributed by atoms with Gasteiger partial charge in [-0.1, -0.05) is 32.1 Å². The van der Waals surface area contributed by atoms with Gasteiger partial charge >= 0.3 is 0 Å². The zero-order valence-electron chi connectivity index (χ0n) is 16.0. The molecule has 27 heavy (non-hydrogen) atoms. The summed E-state index contributed by atoms with van der Waals surface area (Å²) in [6, 6.07) is 7.24. The summed E-state index contributed by atoms with van der Waals surface area (Å²) in [5.74, 6) is 0.0506. The van der Waals surface area contributed by atoms with Gasteiger partial charge in [0.25, 0.3) is 0 Å². The summed E-state index contributed by atoms with van der Waals surface area (Å²) >= 11 is 1.39. The van der Waals surface area contributed by atoms with Crippen LogP contribution in [-0.4, -0.2) is 35.7 Å². The number of benzene rings is 1. The lowest BCUT2D eigenvalue weighted by Crippen LogP contribution is -2.28. The Kier molecular flexibility index (Phi) is 5.46. The number of nitrogens with one attached hydrogen (secondary N) is 1. The summed E-state index contributed by atoms with van der Waals surface area (Å²) in [6.45, 7) is 6.64. The maximum Gasteiger partial charge on any atom is 0.231 e. The lowest BCUT2D eigenvalue weighted by Gasteiger charge is -2.17. The number of carbonyl (C=O) groups excluding carboxylic acids is 2. The Morgan fingerprint density at radius 2 is 2.04 bits per heavy atom. The molecular formula is C19H24N4O3S. The molecule has 1 aliphatic heterocycles. The van der Waals surface area contributed by atoms with Gasteiger partial charge < -0.3 is 15.0 Å². The van der Waals surface area contributed by atoms with E-state index in [9.17, 15) is 9.59 Å². The maximum absolute atomic E-state index is 12.6. The second-order valence-corrected chi connectivity index (χ2v) is 8.22. The summed E-state index contributed by atoms with van der Waals surface area (Å²) in [5.41, 5.74) is 0.689. The average molecular weight is 388 g/mol. The number of aromatic nitrogens is 2. The number of ether oxygens (including phenoxy) is 1. The van der Waals surface area contributed by atoms with Gasteiger partial charge in [0.15, 0.2) is 0 Å². The quantitative estimate of drug-likeness (QED) is 0.821. The number of nitrogens with zero attached hydrogens (tertiary/aromatic N) is 3. The highest BCUT2D eigenvalue weighted by Crippen LogP contribution is 2.32. The van der Waals surface area contributed by atoms with E-state index in [2.05, 4.69) is 36.3 Å². The molecule has 0 bridgehead atoms. The fourth-order valence-corrected chi connectivity index (χ4v) is 3.72. The monoisotopic (exact) mass is 388 g/mol. The molecule has 1 saturated heterocycles. The van der Waals surface area contributed by atoms with Gasteiger partial charge in [-0.05, 0) is 30.7 Å². The molecule has 0 aliphatic carbocycles. The predicted octanol–water partition coefficient (Wildman–Crippen LogP) is 3.23. The van der Waals surface area contributed by atoms with Crippen LogP contribution < -0.4 is 15.0 Å². The maximum atomic E-state index is 12.6. The molecule has 1 aromatic carbocycles. The topological polar surface area (TPSA) is 84.4 Å². The third-order valence-electron chi connectivity index (χ3n) is 5.00. The molecule has 0 spiro atoms. The van der Waals surface area contributed by atoms with E-state index in [1.807, 2.05) is 12.1 Å². The van der Waals surface area contributed by atoms with Crippen LogP contribution in [-0.2, 0) is 15.0 Å². The highest BCUT2D eigenvalue weighted by molar-refractivity contribution is 7.15. The molecule has 2 aromatic rings. The molecule has 1 atom stereocenters. The first-order valence-corrected chi connectivity index (χ1v) is 9.75. The largest absolute Gasteiger partial charge is 0.497 e. The predicted molar refractivity (Wildman–Crippen MR) is 105 cm³/mol. The van der Waals surface area contributed by atoms with Crippen LogP contribution in [0.5, 0.6) is 5.75 Å². The summed E-state index contributed by atoms with van der Waals surface area (Å²) in [4.78, 5) is 26.6. The van der Waals surface area contributed by atoms with Crippen LogP contribution in [0, 0.1) is 5.92 Å². The highest BCUT2D eigenvalue weighted by Gasteiger charge is 2.35. The van der Waals surface area contributed by atoms with Crippen molar-refractivity contribution in [2.45, 2.75) is 39.0 Å². The van der Waals surface area contributed by atoms with Crippen LogP contribution in [0.25, 0.3) is 0 Å².